The molecule has 0 spiro atoms. The number of fused-ring (bicyclic) bond motifs is 6. The maximum absolute atomic E-state index is 2.48. The third kappa shape index (κ3) is 7.49. The summed E-state index contributed by atoms with van der Waals surface area (Å²) in [4.78, 5) is 0. The standard InChI is InChI=1S/C67H62N2/c1-64(2,3)50-29-37-60-56(41-50)57-42-51(65(4,5)6)30-38-61(57)68(60)54-33-25-45(26-34-54)46-27-35-55(36-28-46)69-62-39-31-52(66(7,8)9)43-58(62)59-44-53(32-40-63(59)69)67(47-19-13-10-14-20-47,48-21-15-11-16-22-48)49-23-17-12-18-24-49/h10-44H,1-9H3. The van der Waals surface area contributed by atoms with Crippen LogP contribution in [0.2, 0.25) is 0 Å². The fourth-order valence-electron chi connectivity index (χ4n) is 10.9. The molecular weight excluding hydrogens is 833 g/mol. The lowest BCUT2D eigenvalue weighted by atomic mass is 9.65. The van der Waals surface area contributed by atoms with Crippen LogP contribution in [-0.2, 0) is 21.7 Å². The monoisotopic (exact) mass is 894 g/mol. The quantitative estimate of drug-likeness (QED) is 0.141. The summed E-state index contributed by atoms with van der Waals surface area (Å²) in [5.74, 6) is 0. The van der Waals surface area contributed by atoms with Gasteiger partial charge in [0.05, 0.1) is 27.5 Å². The Morgan fingerprint density at radius 2 is 0.507 bits per heavy atom. The van der Waals surface area contributed by atoms with Crippen molar-refractivity contribution < 1.29 is 0 Å². The first kappa shape index (κ1) is 44.1. The minimum atomic E-state index is -0.543. The average Bonchev–Trinajstić information content (AvgIpc) is 3.86. The van der Waals surface area contributed by atoms with E-state index in [9.17, 15) is 0 Å². The lowest BCUT2D eigenvalue weighted by Crippen LogP contribution is -2.30. The maximum atomic E-state index is 2.48. The number of benzene rings is 9. The molecule has 0 aliphatic carbocycles. The van der Waals surface area contributed by atoms with E-state index in [1.807, 2.05) is 0 Å². The second kappa shape index (κ2) is 16.4. The van der Waals surface area contributed by atoms with Gasteiger partial charge >= 0.3 is 0 Å². The molecule has 11 aromatic rings. The van der Waals surface area contributed by atoms with E-state index in [-0.39, 0.29) is 16.2 Å². The van der Waals surface area contributed by atoms with Gasteiger partial charge in [0, 0.05) is 32.9 Å². The number of hydrogen-bond acceptors (Lipinski definition) is 0. The van der Waals surface area contributed by atoms with E-state index >= 15 is 0 Å². The predicted molar refractivity (Wildman–Crippen MR) is 295 cm³/mol. The second-order valence-corrected chi connectivity index (χ2v) is 22.3. The highest BCUT2D eigenvalue weighted by Gasteiger charge is 2.39. The summed E-state index contributed by atoms with van der Waals surface area (Å²) in [6.07, 6.45) is 0. The van der Waals surface area contributed by atoms with Gasteiger partial charge in [-0.05, 0) is 139 Å². The highest BCUT2D eigenvalue weighted by Crippen LogP contribution is 2.47. The van der Waals surface area contributed by atoms with Crippen LogP contribution in [0.1, 0.15) is 101 Å². The Hall–Kier alpha value is -7.42. The van der Waals surface area contributed by atoms with Crippen LogP contribution in [0.5, 0.6) is 0 Å². The SMILES string of the molecule is CC(C)(C)c1ccc2c(c1)c1cc(C(C)(C)C)ccc1n2-c1ccc(-c2ccc(-n3c4ccc(C(C)(C)C)cc4c4cc(C(c5ccccc5)(c5ccccc5)c5ccccc5)ccc43)cc2)cc1. The molecule has 69 heavy (non-hydrogen) atoms. The highest BCUT2D eigenvalue weighted by atomic mass is 15.0. The molecule has 0 atom stereocenters. The van der Waals surface area contributed by atoms with Gasteiger partial charge in [-0.2, -0.15) is 0 Å². The first-order chi connectivity index (χ1) is 33.1. The Labute approximate surface area is 408 Å². The number of rotatable bonds is 7. The summed E-state index contributed by atoms with van der Waals surface area (Å²) in [7, 11) is 0. The smallest absolute Gasteiger partial charge is 0.0701 e. The molecule has 0 saturated heterocycles. The summed E-state index contributed by atoms with van der Waals surface area (Å²) >= 11 is 0. The zero-order chi connectivity index (χ0) is 47.9. The summed E-state index contributed by atoms with van der Waals surface area (Å²) < 4.78 is 4.90. The molecule has 11 rings (SSSR count). The molecule has 0 N–H and O–H groups in total. The lowest BCUT2D eigenvalue weighted by molar-refractivity contribution is 0.590. The largest absolute Gasteiger partial charge is 0.309 e. The van der Waals surface area contributed by atoms with Gasteiger partial charge in [-0.15, -0.1) is 0 Å². The molecule has 2 heteroatoms. The molecule has 340 valence electrons. The van der Waals surface area contributed by atoms with Crippen molar-refractivity contribution in [2.75, 3.05) is 0 Å². The van der Waals surface area contributed by atoms with Crippen molar-refractivity contribution in [3.8, 4) is 22.5 Å². The molecule has 0 unspecified atom stereocenters. The van der Waals surface area contributed by atoms with Crippen LogP contribution >= 0.6 is 0 Å². The van der Waals surface area contributed by atoms with Crippen molar-refractivity contribution in [3.63, 3.8) is 0 Å². The van der Waals surface area contributed by atoms with Crippen LogP contribution in [0.3, 0.4) is 0 Å². The Balaban J connectivity index is 1.03. The molecule has 2 heterocycles. The van der Waals surface area contributed by atoms with Crippen LogP contribution in [0, 0.1) is 0 Å². The van der Waals surface area contributed by atoms with Gasteiger partial charge in [0.2, 0.25) is 0 Å². The van der Waals surface area contributed by atoms with Gasteiger partial charge in [-0.1, -0.05) is 202 Å². The van der Waals surface area contributed by atoms with Gasteiger partial charge in [0.15, 0.2) is 0 Å². The minimum absolute atomic E-state index is 0.00752. The Bertz CT molecular complexity index is 3490. The molecule has 0 fully saturated rings. The number of aromatic nitrogens is 2. The molecule has 0 saturated carbocycles. The molecule has 9 aromatic carbocycles. The van der Waals surface area contributed by atoms with E-state index < -0.39 is 5.41 Å². The van der Waals surface area contributed by atoms with Gasteiger partial charge in [0.1, 0.15) is 0 Å². The van der Waals surface area contributed by atoms with Crippen molar-refractivity contribution >= 4 is 43.6 Å². The molecule has 0 aliphatic heterocycles. The Morgan fingerprint density at radius 3 is 0.783 bits per heavy atom. The van der Waals surface area contributed by atoms with E-state index in [0.29, 0.717) is 0 Å². The molecular formula is C67H62N2. The first-order valence-electron chi connectivity index (χ1n) is 24.7. The Kier molecular flexibility index (Phi) is 10.5. The summed E-state index contributed by atoms with van der Waals surface area (Å²) in [6, 6.07) is 79.8. The van der Waals surface area contributed by atoms with Gasteiger partial charge in [-0.3, -0.25) is 0 Å². The van der Waals surface area contributed by atoms with Gasteiger partial charge in [0.25, 0.3) is 0 Å². The predicted octanol–water partition coefficient (Wildman–Crippen LogP) is 17.8. The zero-order valence-electron chi connectivity index (χ0n) is 41.6. The molecule has 2 nitrogen and oxygen atoms in total. The highest BCUT2D eigenvalue weighted by molar-refractivity contribution is 6.11. The van der Waals surface area contributed by atoms with Crippen LogP contribution in [-0.4, -0.2) is 9.13 Å². The van der Waals surface area contributed by atoms with Crippen molar-refractivity contribution in [1.29, 1.82) is 0 Å². The number of nitrogens with zero attached hydrogens (tertiary/aromatic N) is 2. The summed E-state index contributed by atoms with van der Waals surface area (Å²) in [5.41, 5.74) is 18.1. The van der Waals surface area contributed by atoms with Crippen molar-refractivity contribution in [2.24, 2.45) is 0 Å². The minimum Gasteiger partial charge on any atom is -0.309 e. The molecule has 2 aromatic heterocycles. The molecule has 0 radical (unpaired) electrons. The van der Waals surface area contributed by atoms with E-state index in [1.54, 1.807) is 0 Å². The van der Waals surface area contributed by atoms with Crippen LogP contribution in [0.25, 0.3) is 66.1 Å². The first-order valence-corrected chi connectivity index (χ1v) is 24.7. The summed E-state index contributed by atoms with van der Waals surface area (Å²) in [5, 5.41) is 5.12. The van der Waals surface area contributed by atoms with Crippen LogP contribution < -0.4 is 0 Å². The van der Waals surface area contributed by atoms with Gasteiger partial charge < -0.3 is 9.13 Å². The van der Waals surface area contributed by atoms with Crippen molar-refractivity contribution in [2.45, 2.75) is 84.0 Å². The van der Waals surface area contributed by atoms with Crippen molar-refractivity contribution in [3.05, 3.63) is 251 Å². The summed E-state index contributed by atoms with van der Waals surface area (Å²) in [6.45, 7) is 20.7. The normalized spacial score (nSPS) is 12.7. The fraction of sp³-hybridized carbons (Fsp3) is 0.194. The Morgan fingerprint density at radius 1 is 0.246 bits per heavy atom. The fourth-order valence-corrected chi connectivity index (χ4v) is 10.9. The molecule has 0 amide bonds. The average molecular weight is 895 g/mol. The molecule has 0 aliphatic rings. The zero-order valence-corrected chi connectivity index (χ0v) is 41.6. The van der Waals surface area contributed by atoms with E-state index in [0.717, 1.165) is 11.4 Å². The maximum Gasteiger partial charge on any atom is 0.0701 e. The topological polar surface area (TPSA) is 9.86 Å². The second-order valence-electron chi connectivity index (χ2n) is 22.3. The van der Waals surface area contributed by atoms with E-state index in [2.05, 4.69) is 284 Å². The lowest BCUT2D eigenvalue weighted by Gasteiger charge is -2.37. The van der Waals surface area contributed by atoms with Gasteiger partial charge in [-0.25, -0.2) is 0 Å². The molecule has 0 bridgehead atoms. The van der Waals surface area contributed by atoms with Crippen LogP contribution in [0.4, 0.5) is 0 Å². The third-order valence-electron chi connectivity index (χ3n) is 14.8. The van der Waals surface area contributed by atoms with Crippen molar-refractivity contribution in [1.82, 2.24) is 9.13 Å². The van der Waals surface area contributed by atoms with Crippen LogP contribution in [0.15, 0.2) is 212 Å². The van der Waals surface area contributed by atoms with E-state index in [1.165, 1.54) is 93.7 Å². The number of hydrogen-bond donors (Lipinski definition) is 0. The van der Waals surface area contributed by atoms with E-state index in [4.69, 9.17) is 0 Å². The third-order valence-corrected chi connectivity index (χ3v) is 14.8.